The number of benzene rings is 1. The van der Waals surface area contributed by atoms with Gasteiger partial charge in [0.15, 0.2) is 0 Å². The molecule has 2 aliphatic heterocycles. The Bertz CT molecular complexity index is 794. The van der Waals surface area contributed by atoms with Crippen molar-refractivity contribution in [3.05, 3.63) is 53.9 Å². The number of nitrogens with zero attached hydrogens (tertiary/aromatic N) is 4. The van der Waals surface area contributed by atoms with Gasteiger partial charge in [0, 0.05) is 44.5 Å². The van der Waals surface area contributed by atoms with E-state index in [9.17, 15) is 4.79 Å². The van der Waals surface area contributed by atoms with Gasteiger partial charge in [-0.3, -0.25) is 14.4 Å². The SMILES string of the molecule is CC1(C)CN(C(=O)c2ccn(C3CCCNC3)n2)CCN1Cc1ccccc1. The fourth-order valence-electron chi connectivity index (χ4n) is 4.34. The monoisotopic (exact) mass is 381 g/mol. The zero-order chi connectivity index (χ0) is 19.6. The molecule has 6 heteroatoms. The van der Waals surface area contributed by atoms with E-state index in [4.69, 9.17) is 0 Å². The van der Waals surface area contributed by atoms with E-state index in [1.807, 2.05) is 27.9 Å². The predicted molar refractivity (Wildman–Crippen MR) is 110 cm³/mol. The van der Waals surface area contributed by atoms with Crippen molar-refractivity contribution in [3.8, 4) is 0 Å². The van der Waals surface area contributed by atoms with Crippen LogP contribution in [0, 0.1) is 0 Å². The normalized spacial score (nSPS) is 22.9. The Labute approximate surface area is 167 Å². The molecule has 1 atom stereocenters. The quantitative estimate of drug-likeness (QED) is 0.884. The lowest BCUT2D eigenvalue weighted by molar-refractivity contribution is 0.0135. The summed E-state index contributed by atoms with van der Waals surface area (Å²) in [5.41, 5.74) is 1.81. The van der Waals surface area contributed by atoms with Gasteiger partial charge in [-0.1, -0.05) is 30.3 Å². The van der Waals surface area contributed by atoms with E-state index in [0.717, 1.165) is 52.1 Å². The van der Waals surface area contributed by atoms with Gasteiger partial charge in [0.2, 0.25) is 0 Å². The molecule has 2 saturated heterocycles. The molecule has 1 N–H and O–H groups in total. The fraction of sp³-hybridized carbons (Fsp3) is 0.545. The van der Waals surface area contributed by atoms with Crippen molar-refractivity contribution in [1.82, 2.24) is 24.9 Å². The third-order valence-corrected chi connectivity index (χ3v) is 6.05. The molecule has 6 nitrogen and oxygen atoms in total. The van der Waals surface area contributed by atoms with Crippen molar-refractivity contribution < 1.29 is 4.79 Å². The van der Waals surface area contributed by atoms with Crippen LogP contribution in [0.1, 0.15) is 48.8 Å². The number of nitrogens with one attached hydrogen (secondary N) is 1. The molecule has 1 aromatic heterocycles. The highest BCUT2D eigenvalue weighted by Gasteiger charge is 2.36. The van der Waals surface area contributed by atoms with E-state index in [1.165, 1.54) is 5.56 Å². The van der Waals surface area contributed by atoms with Crippen LogP contribution in [0.25, 0.3) is 0 Å². The van der Waals surface area contributed by atoms with Crippen molar-refractivity contribution in [3.63, 3.8) is 0 Å². The van der Waals surface area contributed by atoms with Crippen LogP contribution in [0.4, 0.5) is 0 Å². The van der Waals surface area contributed by atoms with Crippen LogP contribution in [-0.4, -0.2) is 63.8 Å². The summed E-state index contributed by atoms with van der Waals surface area (Å²) in [5.74, 6) is 0.0509. The summed E-state index contributed by atoms with van der Waals surface area (Å²) in [6, 6.07) is 12.8. The summed E-state index contributed by atoms with van der Waals surface area (Å²) in [6.45, 7) is 9.71. The van der Waals surface area contributed by atoms with Crippen molar-refractivity contribution in [2.75, 3.05) is 32.7 Å². The highest BCUT2D eigenvalue weighted by Crippen LogP contribution is 2.24. The Morgan fingerprint density at radius 3 is 2.75 bits per heavy atom. The molecule has 0 bridgehead atoms. The van der Waals surface area contributed by atoms with E-state index in [2.05, 4.69) is 53.4 Å². The topological polar surface area (TPSA) is 53.4 Å². The minimum absolute atomic E-state index is 0.0509. The first-order valence-electron chi connectivity index (χ1n) is 10.4. The second-order valence-electron chi connectivity index (χ2n) is 8.63. The van der Waals surface area contributed by atoms with Crippen molar-refractivity contribution in [1.29, 1.82) is 0 Å². The molecule has 4 rings (SSSR count). The number of piperidine rings is 1. The first-order valence-corrected chi connectivity index (χ1v) is 10.4. The third-order valence-electron chi connectivity index (χ3n) is 6.05. The molecule has 1 unspecified atom stereocenters. The molecule has 0 saturated carbocycles. The third kappa shape index (κ3) is 4.13. The van der Waals surface area contributed by atoms with Crippen molar-refractivity contribution >= 4 is 5.91 Å². The Balaban J connectivity index is 1.40. The van der Waals surface area contributed by atoms with Crippen LogP contribution >= 0.6 is 0 Å². The maximum Gasteiger partial charge on any atom is 0.274 e. The standard InChI is InChI=1S/C22H31N5O/c1-22(2)17-25(13-14-26(22)16-18-7-4-3-5-8-18)21(28)20-10-12-27(24-20)19-9-6-11-23-15-19/h3-5,7-8,10,12,19,23H,6,9,11,13-17H2,1-2H3. The number of carbonyl (C=O) groups is 1. The Kier molecular flexibility index (Phi) is 5.51. The van der Waals surface area contributed by atoms with E-state index in [-0.39, 0.29) is 11.4 Å². The molecule has 1 amide bonds. The lowest BCUT2D eigenvalue weighted by Gasteiger charge is -2.47. The summed E-state index contributed by atoms with van der Waals surface area (Å²) >= 11 is 0. The second kappa shape index (κ2) is 8.05. The maximum atomic E-state index is 13.1. The summed E-state index contributed by atoms with van der Waals surface area (Å²) < 4.78 is 1.97. The lowest BCUT2D eigenvalue weighted by atomic mass is 9.97. The van der Waals surface area contributed by atoms with Crippen LogP contribution in [0.5, 0.6) is 0 Å². The summed E-state index contributed by atoms with van der Waals surface area (Å²) in [4.78, 5) is 17.5. The molecular formula is C22H31N5O. The Hall–Kier alpha value is -2.18. The smallest absolute Gasteiger partial charge is 0.274 e. The Morgan fingerprint density at radius 1 is 1.21 bits per heavy atom. The summed E-state index contributed by atoms with van der Waals surface area (Å²) in [5, 5.41) is 8.02. The fourth-order valence-corrected chi connectivity index (χ4v) is 4.34. The van der Waals surface area contributed by atoms with E-state index < -0.39 is 0 Å². The molecule has 0 radical (unpaired) electrons. The van der Waals surface area contributed by atoms with Crippen LogP contribution in [0.3, 0.4) is 0 Å². The number of hydrogen-bond acceptors (Lipinski definition) is 4. The van der Waals surface area contributed by atoms with Gasteiger partial charge in [-0.15, -0.1) is 0 Å². The summed E-state index contributed by atoms with van der Waals surface area (Å²) in [7, 11) is 0. The first kappa shape index (κ1) is 19.2. The maximum absolute atomic E-state index is 13.1. The predicted octanol–water partition coefficient (Wildman–Crippen LogP) is 2.54. The van der Waals surface area contributed by atoms with Gasteiger partial charge < -0.3 is 10.2 Å². The largest absolute Gasteiger partial charge is 0.334 e. The van der Waals surface area contributed by atoms with Gasteiger partial charge in [0.1, 0.15) is 5.69 Å². The molecule has 2 aliphatic rings. The number of carbonyl (C=O) groups excluding carboxylic acids is 1. The number of piperazine rings is 1. The van der Waals surface area contributed by atoms with Gasteiger partial charge in [-0.25, -0.2) is 0 Å². The van der Waals surface area contributed by atoms with Crippen molar-refractivity contribution in [2.24, 2.45) is 0 Å². The molecule has 1 aromatic carbocycles. The van der Waals surface area contributed by atoms with E-state index in [0.29, 0.717) is 11.7 Å². The van der Waals surface area contributed by atoms with Crippen LogP contribution < -0.4 is 5.32 Å². The number of amides is 1. The average Bonchev–Trinajstić information content (AvgIpc) is 3.20. The average molecular weight is 382 g/mol. The van der Waals surface area contributed by atoms with Gasteiger partial charge in [-0.2, -0.15) is 5.10 Å². The molecule has 150 valence electrons. The highest BCUT2D eigenvalue weighted by atomic mass is 16.2. The number of rotatable bonds is 4. The molecule has 2 aromatic rings. The molecule has 0 spiro atoms. The van der Waals surface area contributed by atoms with Crippen LogP contribution in [0.15, 0.2) is 42.6 Å². The molecule has 3 heterocycles. The van der Waals surface area contributed by atoms with Crippen LogP contribution in [0.2, 0.25) is 0 Å². The minimum atomic E-state index is -0.0698. The minimum Gasteiger partial charge on any atom is -0.334 e. The molecule has 28 heavy (non-hydrogen) atoms. The first-order chi connectivity index (χ1) is 13.5. The lowest BCUT2D eigenvalue weighted by Crippen LogP contribution is -2.60. The van der Waals surface area contributed by atoms with E-state index >= 15 is 0 Å². The summed E-state index contributed by atoms with van der Waals surface area (Å²) in [6.07, 6.45) is 4.24. The van der Waals surface area contributed by atoms with Gasteiger partial charge in [0.05, 0.1) is 6.04 Å². The molecular weight excluding hydrogens is 350 g/mol. The van der Waals surface area contributed by atoms with Gasteiger partial charge >= 0.3 is 0 Å². The number of hydrogen-bond donors (Lipinski definition) is 1. The van der Waals surface area contributed by atoms with E-state index in [1.54, 1.807) is 0 Å². The van der Waals surface area contributed by atoms with Gasteiger partial charge in [-0.05, 0) is 44.9 Å². The van der Waals surface area contributed by atoms with Crippen LogP contribution in [-0.2, 0) is 6.54 Å². The second-order valence-corrected chi connectivity index (χ2v) is 8.63. The zero-order valence-electron chi connectivity index (χ0n) is 17.0. The van der Waals surface area contributed by atoms with Gasteiger partial charge in [0.25, 0.3) is 5.91 Å². The Morgan fingerprint density at radius 2 is 2.04 bits per heavy atom. The number of aromatic nitrogens is 2. The zero-order valence-corrected chi connectivity index (χ0v) is 17.0. The van der Waals surface area contributed by atoms with Crippen molar-refractivity contribution in [2.45, 2.75) is 44.8 Å². The molecule has 2 fully saturated rings. The molecule has 0 aliphatic carbocycles. The highest BCUT2D eigenvalue weighted by molar-refractivity contribution is 5.92.